The second-order valence-corrected chi connectivity index (χ2v) is 11.7. The minimum atomic E-state index is -3.91. The minimum Gasteiger partial charge on any atom is -0.478 e. The van der Waals surface area contributed by atoms with E-state index in [0.717, 1.165) is 29.6 Å². The lowest BCUT2D eigenvalue weighted by Crippen LogP contribution is -2.47. The smallest absolute Gasteiger partial charge is 0.328 e. The molecule has 1 atom stereocenters. The Hall–Kier alpha value is -2.52. The van der Waals surface area contributed by atoms with Gasteiger partial charge in [-0.15, -0.1) is 0 Å². The molecule has 0 aliphatic heterocycles. The van der Waals surface area contributed by atoms with Crippen LogP contribution < -0.4 is 5.32 Å². The van der Waals surface area contributed by atoms with E-state index in [4.69, 9.17) is 5.11 Å². The first kappa shape index (κ1) is 26.1. The molecule has 7 nitrogen and oxygen atoms in total. The molecule has 0 bridgehead atoms. The third-order valence-corrected chi connectivity index (χ3v) is 8.13. The van der Waals surface area contributed by atoms with Gasteiger partial charge in [0.2, 0.25) is 10.0 Å². The molecule has 3 N–H and O–H groups in total. The van der Waals surface area contributed by atoms with Gasteiger partial charge in [-0.25, -0.2) is 13.2 Å². The average Bonchev–Trinajstić information content (AvgIpc) is 3.18. The molecule has 2 aromatic rings. The van der Waals surface area contributed by atoms with Gasteiger partial charge in [0.15, 0.2) is 0 Å². The number of carbonyl (C=O) groups is 1. The summed E-state index contributed by atoms with van der Waals surface area (Å²) in [5, 5.41) is 22.9. The highest BCUT2D eigenvalue weighted by molar-refractivity contribution is 7.89. The van der Waals surface area contributed by atoms with Gasteiger partial charge in [-0.3, -0.25) is 0 Å². The van der Waals surface area contributed by atoms with E-state index in [9.17, 15) is 18.3 Å². The number of fused-ring (bicyclic) bond motifs is 1. The van der Waals surface area contributed by atoms with Gasteiger partial charge in [0.1, 0.15) is 0 Å². The first-order valence-corrected chi connectivity index (χ1v) is 12.9. The number of hydrogen-bond donors (Lipinski definition) is 3. The van der Waals surface area contributed by atoms with Gasteiger partial charge in [-0.1, -0.05) is 42.5 Å². The highest BCUT2D eigenvalue weighted by Gasteiger charge is 2.29. The first-order chi connectivity index (χ1) is 16.0. The molecule has 0 heterocycles. The quantitative estimate of drug-likeness (QED) is 0.422. The zero-order valence-electron chi connectivity index (χ0n) is 19.9. The third-order valence-electron chi connectivity index (χ3n) is 6.23. The van der Waals surface area contributed by atoms with Crippen LogP contribution in [-0.2, 0) is 27.7 Å². The largest absolute Gasteiger partial charge is 0.478 e. The lowest BCUT2D eigenvalue weighted by Gasteiger charge is -2.31. The summed E-state index contributed by atoms with van der Waals surface area (Å²) in [5.41, 5.74) is 2.89. The van der Waals surface area contributed by atoms with Crippen molar-refractivity contribution in [2.75, 3.05) is 20.1 Å². The van der Waals surface area contributed by atoms with Gasteiger partial charge in [0.05, 0.1) is 11.0 Å². The molecular formula is C26H34N2O5S. The van der Waals surface area contributed by atoms with Crippen molar-refractivity contribution in [3.63, 3.8) is 0 Å². The number of nitrogens with zero attached hydrogens (tertiary/aromatic N) is 1. The van der Waals surface area contributed by atoms with Crippen molar-refractivity contribution in [1.82, 2.24) is 9.62 Å². The van der Waals surface area contributed by atoms with Crippen LogP contribution in [0.1, 0.15) is 37.0 Å². The van der Waals surface area contributed by atoms with Crippen molar-refractivity contribution in [2.45, 2.75) is 49.6 Å². The first-order valence-electron chi connectivity index (χ1n) is 11.4. The number of benzene rings is 2. The van der Waals surface area contributed by atoms with E-state index >= 15 is 0 Å². The Morgan fingerprint density at radius 1 is 1.15 bits per heavy atom. The molecule has 184 valence electrons. The van der Waals surface area contributed by atoms with Crippen molar-refractivity contribution >= 4 is 22.1 Å². The van der Waals surface area contributed by atoms with E-state index in [1.54, 1.807) is 18.2 Å². The summed E-state index contributed by atoms with van der Waals surface area (Å²) < 4.78 is 27.3. The second-order valence-electron chi connectivity index (χ2n) is 9.66. The fraction of sp³-hybridized carbons (Fsp3) is 0.423. The Labute approximate surface area is 202 Å². The number of likely N-dealkylation sites (N-methyl/N-ethyl adjacent to an activating group) is 1. The molecule has 3 rings (SSSR count). The maximum atomic E-state index is 13.1. The van der Waals surface area contributed by atoms with Crippen LogP contribution in [0.2, 0.25) is 0 Å². The van der Waals surface area contributed by atoms with Crippen molar-refractivity contribution in [3.8, 4) is 0 Å². The number of aliphatic carboxylic acids is 1. The van der Waals surface area contributed by atoms with Crippen LogP contribution in [0.25, 0.3) is 6.08 Å². The average molecular weight is 487 g/mol. The highest BCUT2D eigenvalue weighted by atomic mass is 32.2. The van der Waals surface area contributed by atoms with Crippen LogP contribution in [0, 0.1) is 5.92 Å². The zero-order chi connectivity index (χ0) is 24.9. The van der Waals surface area contributed by atoms with Crippen LogP contribution >= 0.6 is 0 Å². The molecule has 0 saturated carbocycles. The van der Waals surface area contributed by atoms with Crippen LogP contribution in [0.3, 0.4) is 0 Å². The molecule has 0 radical (unpaired) electrons. The predicted molar refractivity (Wildman–Crippen MR) is 133 cm³/mol. The third kappa shape index (κ3) is 6.76. The van der Waals surface area contributed by atoms with E-state index in [0.29, 0.717) is 5.92 Å². The summed E-state index contributed by atoms with van der Waals surface area (Å²) in [6, 6.07) is 14.7. The highest BCUT2D eigenvalue weighted by Crippen LogP contribution is 2.32. The SMILES string of the molecule is CN(C[C@H](O)CNC(C)(C)CC1Cc2ccccc2C1)S(=O)(=O)c1ccccc1/C=C/C(=O)O. The van der Waals surface area contributed by atoms with Crippen molar-refractivity contribution in [3.05, 3.63) is 71.3 Å². The molecule has 0 spiro atoms. The van der Waals surface area contributed by atoms with E-state index < -0.39 is 22.1 Å². The van der Waals surface area contributed by atoms with Crippen LogP contribution in [0.4, 0.5) is 0 Å². The molecule has 1 aliphatic carbocycles. The molecule has 0 saturated heterocycles. The standard InChI is InChI=1S/C26H34N2O5S/c1-26(2,16-19-14-21-9-4-5-10-22(21)15-19)27-17-23(29)18-28(3)34(32,33)24-11-7-6-8-20(24)12-13-25(30)31/h4-13,19,23,27,29H,14-18H2,1-3H3,(H,30,31)/b13-12+/t23-/m1/s1. The summed E-state index contributed by atoms with van der Waals surface area (Å²) in [7, 11) is -2.50. The predicted octanol–water partition coefficient (Wildman–Crippen LogP) is 2.94. The normalized spacial score (nSPS) is 15.7. The Morgan fingerprint density at radius 2 is 1.74 bits per heavy atom. The van der Waals surface area contributed by atoms with E-state index in [-0.39, 0.29) is 29.1 Å². The molecule has 8 heteroatoms. The number of aliphatic hydroxyl groups is 1. The van der Waals surface area contributed by atoms with Crippen LogP contribution in [-0.4, -0.2) is 60.7 Å². The van der Waals surface area contributed by atoms with Crippen molar-refractivity contribution in [1.29, 1.82) is 0 Å². The summed E-state index contributed by atoms with van der Waals surface area (Å²) >= 11 is 0. The Balaban J connectivity index is 1.56. The zero-order valence-corrected chi connectivity index (χ0v) is 20.8. The number of hydrogen-bond acceptors (Lipinski definition) is 5. The number of β-amino-alcohol motifs (C(OH)–C–C–N with tert-alkyl or cyclic N) is 1. The maximum absolute atomic E-state index is 13.1. The molecule has 1 aliphatic rings. The second kappa shape index (κ2) is 10.8. The lowest BCUT2D eigenvalue weighted by atomic mass is 9.88. The molecule has 0 unspecified atom stereocenters. The monoisotopic (exact) mass is 486 g/mol. The topological polar surface area (TPSA) is 107 Å². The lowest BCUT2D eigenvalue weighted by molar-refractivity contribution is -0.131. The fourth-order valence-corrected chi connectivity index (χ4v) is 6.01. The van der Waals surface area contributed by atoms with Crippen molar-refractivity contribution in [2.24, 2.45) is 5.92 Å². The molecule has 2 aromatic carbocycles. The summed E-state index contributed by atoms with van der Waals surface area (Å²) in [6.45, 7) is 4.38. The summed E-state index contributed by atoms with van der Waals surface area (Å²) in [5.74, 6) is -0.624. The van der Waals surface area contributed by atoms with Gasteiger partial charge < -0.3 is 15.5 Å². The number of carboxylic acids is 1. The summed E-state index contributed by atoms with van der Waals surface area (Å²) in [6.07, 6.45) is 4.32. The minimum absolute atomic E-state index is 0.00344. The van der Waals surface area contributed by atoms with Gasteiger partial charge in [-0.2, -0.15) is 4.31 Å². The molecule has 0 fully saturated rings. The van der Waals surface area contributed by atoms with E-state index in [1.165, 1.54) is 30.3 Å². The fourth-order valence-electron chi connectivity index (χ4n) is 4.62. The van der Waals surface area contributed by atoms with Crippen LogP contribution in [0.15, 0.2) is 59.5 Å². The molecule has 0 aromatic heterocycles. The Kier molecular flexibility index (Phi) is 8.30. The van der Waals surface area contributed by atoms with Crippen molar-refractivity contribution < 1.29 is 23.4 Å². The van der Waals surface area contributed by atoms with E-state index in [1.807, 2.05) is 0 Å². The number of nitrogens with one attached hydrogen (secondary N) is 1. The van der Waals surface area contributed by atoms with Gasteiger partial charge in [0.25, 0.3) is 0 Å². The maximum Gasteiger partial charge on any atom is 0.328 e. The number of rotatable bonds is 11. The number of carboxylic acid groups (broad SMARTS) is 1. The van der Waals surface area contributed by atoms with E-state index in [2.05, 4.69) is 43.4 Å². The summed E-state index contributed by atoms with van der Waals surface area (Å²) in [4.78, 5) is 10.8. The molecular weight excluding hydrogens is 452 g/mol. The molecule has 0 amide bonds. The van der Waals surface area contributed by atoms with Gasteiger partial charge in [-0.05, 0) is 67.9 Å². The number of aliphatic hydroxyl groups excluding tert-OH is 1. The number of sulfonamides is 1. The van der Waals surface area contributed by atoms with Crippen LogP contribution in [0.5, 0.6) is 0 Å². The Bertz CT molecular complexity index is 1120. The molecule has 34 heavy (non-hydrogen) atoms. The Morgan fingerprint density at radius 3 is 2.35 bits per heavy atom. The van der Waals surface area contributed by atoms with Gasteiger partial charge in [0, 0.05) is 31.8 Å². The van der Waals surface area contributed by atoms with Gasteiger partial charge >= 0.3 is 5.97 Å².